The molecule has 6 rings (SSSR count). The summed E-state index contributed by atoms with van der Waals surface area (Å²) in [5.74, 6) is -8.85. The maximum atomic E-state index is 12.4. The molecular formula is C47H81KO14. The number of hydrogen-bond donors (Lipinski definition) is 6. The molecule has 6 aliphatic heterocycles. The van der Waals surface area contributed by atoms with E-state index in [0.29, 0.717) is 70.6 Å². The van der Waals surface area contributed by atoms with E-state index in [1.165, 1.54) is 0 Å². The first-order valence-electron chi connectivity index (χ1n) is 23.7. The van der Waals surface area contributed by atoms with Gasteiger partial charge in [-0.05, 0) is 110 Å². The molecule has 0 radical (unpaired) electrons. The van der Waals surface area contributed by atoms with E-state index in [1.54, 1.807) is 20.8 Å². The largest absolute Gasteiger partial charge is 1.00 e. The van der Waals surface area contributed by atoms with Crippen molar-refractivity contribution >= 4 is 5.97 Å². The van der Waals surface area contributed by atoms with Gasteiger partial charge in [-0.2, -0.15) is 0 Å². The van der Waals surface area contributed by atoms with Crippen molar-refractivity contribution in [3.8, 4) is 0 Å². The van der Waals surface area contributed by atoms with Gasteiger partial charge in [-0.25, -0.2) is 0 Å². The number of carbonyl (C=O) groups is 1. The SMILES string of the molecule is CC[C@@H]1O[C@@H]([C@]2(C)C[C@@H](C)[C@](O)([C@]3(C)CC[C@@H]([C@@H](O)[C@]4(O)O[C@H](C[C@@]5(O)O[C@@H]([C@@H](C)[C@H](O)C[C@H]6CC[C@H](C)[C@@H]([C@@H](C)C(=O)[O-])O6)CC[C@@H]5C)[C@@H](C)C[C@H]4C)O3)O2)CC[C@@]1(C)O.[K+]. The zero-order chi connectivity index (χ0) is 45.2. The number of rotatable bonds is 13. The summed E-state index contributed by atoms with van der Waals surface area (Å²) < 4.78 is 38.9. The van der Waals surface area contributed by atoms with Gasteiger partial charge in [0.2, 0.25) is 0 Å². The van der Waals surface area contributed by atoms with Crippen LogP contribution in [0.2, 0.25) is 0 Å². The third-order valence-electron chi connectivity index (χ3n) is 16.9. The Morgan fingerprint density at radius 2 is 1.47 bits per heavy atom. The van der Waals surface area contributed by atoms with E-state index in [9.17, 15) is 40.5 Å². The third-order valence-corrected chi connectivity index (χ3v) is 16.9. The minimum atomic E-state index is -2.03. The molecule has 6 fully saturated rings. The van der Waals surface area contributed by atoms with Crippen molar-refractivity contribution < 1.29 is 120 Å². The molecule has 0 spiro atoms. The Bertz CT molecular complexity index is 1520. The molecule has 6 N–H and O–H groups in total. The summed E-state index contributed by atoms with van der Waals surface area (Å²) in [6.45, 7) is 20.7. The van der Waals surface area contributed by atoms with Crippen molar-refractivity contribution in [3.63, 3.8) is 0 Å². The fourth-order valence-electron chi connectivity index (χ4n) is 12.3. The average Bonchev–Trinajstić information content (AvgIpc) is 3.72. The minimum absolute atomic E-state index is 0. The third kappa shape index (κ3) is 10.3. The zero-order valence-corrected chi connectivity index (χ0v) is 43.0. The van der Waals surface area contributed by atoms with Crippen molar-refractivity contribution in [1.82, 2.24) is 0 Å². The van der Waals surface area contributed by atoms with Crippen LogP contribution < -0.4 is 56.5 Å². The molecule has 0 unspecified atom stereocenters. The fraction of sp³-hybridized carbons (Fsp3) is 0.979. The molecule has 0 aliphatic carbocycles. The van der Waals surface area contributed by atoms with Crippen LogP contribution in [-0.2, 0) is 33.2 Å². The molecule has 354 valence electrons. The first-order chi connectivity index (χ1) is 28.2. The zero-order valence-electron chi connectivity index (χ0n) is 39.9. The maximum absolute atomic E-state index is 12.4. The molecule has 6 heterocycles. The van der Waals surface area contributed by atoms with Gasteiger partial charge in [0.1, 0.15) is 11.7 Å². The number of carboxylic acid groups (broad SMARTS) is 1. The molecule has 6 aliphatic rings. The summed E-state index contributed by atoms with van der Waals surface area (Å²) in [7, 11) is 0. The molecule has 15 heteroatoms. The smallest absolute Gasteiger partial charge is 0.550 e. The molecule has 0 saturated carbocycles. The van der Waals surface area contributed by atoms with Gasteiger partial charge < -0.3 is 69.0 Å². The van der Waals surface area contributed by atoms with Crippen LogP contribution in [0.5, 0.6) is 0 Å². The van der Waals surface area contributed by atoms with Crippen molar-refractivity contribution in [2.24, 2.45) is 41.4 Å². The molecule has 14 nitrogen and oxygen atoms in total. The number of aliphatic hydroxyl groups excluding tert-OH is 2. The Morgan fingerprint density at radius 1 is 0.790 bits per heavy atom. The van der Waals surface area contributed by atoms with Crippen molar-refractivity contribution in [3.05, 3.63) is 0 Å². The second kappa shape index (κ2) is 19.9. The topological polar surface area (TPSA) is 217 Å². The van der Waals surface area contributed by atoms with Crippen LogP contribution in [0.25, 0.3) is 0 Å². The van der Waals surface area contributed by atoms with Crippen LogP contribution in [0.1, 0.15) is 160 Å². The fourth-order valence-corrected chi connectivity index (χ4v) is 12.3. The van der Waals surface area contributed by atoms with Gasteiger partial charge in [-0.3, -0.25) is 0 Å². The molecule has 0 aromatic rings. The number of aliphatic carboxylic acids is 1. The second-order valence-electron chi connectivity index (χ2n) is 21.8. The van der Waals surface area contributed by atoms with E-state index in [2.05, 4.69) is 0 Å². The average molecular weight is 909 g/mol. The summed E-state index contributed by atoms with van der Waals surface area (Å²) in [5.41, 5.74) is -3.01. The Balaban J connectivity index is 0.00000726. The molecular weight excluding hydrogens is 828 g/mol. The van der Waals surface area contributed by atoms with Gasteiger partial charge in [0.05, 0.1) is 60.0 Å². The monoisotopic (exact) mass is 909 g/mol. The molecule has 0 aromatic carbocycles. The number of carboxylic acids is 1. The van der Waals surface area contributed by atoms with E-state index in [1.807, 2.05) is 55.4 Å². The van der Waals surface area contributed by atoms with E-state index in [0.717, 1.165) is 6.42 Å². The Kier molecular flexibility index (Phi) is 17.2. The summed E-state index contributed by atoms with van der Waals surface area (Å²) >= 11 is 0. The van der Waals surface area contributed by atoms with Crippen LogP contribution in [0.4, 0.5) is 0 Å². The van der Waals surface area contributed by atoms with Crippen molar-refractivity contribution in [2.45, 2.75) is 249 Å². The summed E-state index contributed by atoms with van der Waals surface area (Å²) in [6, 6.07) is 0. The predicted octanol–water partition coefficient (Wildman–Crippen LogP) is 1.10. The quantitative estimate of drug-likeness (QED) is 0.143. The van der Waals surface area contributed by atoms with Crippen molar-refractivity contribution in [1.29, 1.82) is 0 Å². The molecule has 62 heavy (non-hydrogen) atoms. The van der Waals surface area contributed by atoms with E-state index >= 15 is 0 Å². The molecule has 22 atom stereocenters. The second-order valence-corrected chi connectivity index (χ2v) is 21.8. The van der Waals surface area contributed by atoms with Crippen molar-refractivity contribution in [2.75, 3.05) is 0 Å². The first-order valence-corrected chi connectivity index (χ1v) is 23.7. The predicted molar refractivity (Wildman–Crippen MR) is 222 cm³/mol. The van der Waals surface area contributed by atoms with Gasteiger partial charge in [0.15, 0.2) is 17.4 Å². The Hall–Kier alpha value is 0.626. The first kappa shape index (κ1) is 53.6. The normalized spacial score (nSPS) is 50.9. The summed E-state index contributed by atoms with van der Waals surface area (Å²) in [6.07, 6.45) is 0.696. The van der Waals surface area contributed by atoms with E-state index in [4.69, 9.17) is 28.4 Å². The molecule has 0 amide bonds. The number of carbonyl (C=O) groups excluding carboxylic acids is 1. The summed E-state index contributed by atoms with van der Waals surface area (Å²) in [4.78, 5) is 11.6. The van der Waals surface area contributed by atoms with Gasteiger partial charge in [0.25, 0.3) is 0 Å². The molecule has 0 bridgehead atoms. The van der Waals surface area contributed by atoms with E-state index < -0.39 is 88.6 Å². The van der Waals surface area contributed by atoms with Gasteiger partial charge in [-0.15, -0.1) is 0 Å². The van der Waals surface area contributed by atoms with Gasteiger partial charge in [-0.1, -0.05) is 55.4 Å². The van der Waals surface area contributed by atoms with Crippen LogP contribution in [0.3, 0.4) is 0 Å². The number of hydrogen-bond acceptors (Lipinski definition) is 14. The minimum Gasteiger partial charge on any atom is -0.550 e. The van der Waals surface area contributed by atoms with Crippen LogP contribution >= 0.6 is 0 Å². The van der Waals surface area contributed by atoms with Crippen LogP contribution in [0.15, 0.2) is 0 Å². The standard InChI is InChI=1S/C47H82O14.K/c1-12-37-42(9,52)19-18-38(57-37)43(10)23-29(6)47(55,61-43)44(11)20-17-35(58-44)40(49)46(54)28(5)21-26(3)36(60-46)24-45(53)27(4)14-16-34(59-45)30(7)33(48)22-32-15-13-25(2)39(56-32)31(8)41(50)51;/h25-40,48-49,52-55H,12-24H2,1-11H3,(H,50,51);/q;+1/p-1/t25-,26-,27-,28+,29+,30-,31+,32+,33+,34+,35-,36+,37-,38+,39-,40+,42+,43-,44-,45+,46+,47+;/m0./s1. The van der Waals surface area contributed by atoms with Crippen LogP contribution in [-0.4, -0.2) is 126 Å². The Morgan fingerprint density at radius 3 is 2.11 bits per heavy atom. The summed E-state index contributed by atoms with van der Waals surface area (Å²) in [5, 5.41) is 82.9. The van der Waals surface area contributed by atoms with Gasteiger partial charge in [0, 0.05) is 42.0 Å². The maximum Gasteiger partial charge on any atom is 1.00 e. The molecule has 0 aromatic heterocycles. The molecule has 6 saturated heterocycles. The van der Waals surface area contributed by atoms with Crippen LogP contribution in [0, 0.1) is 41.4 Å². The Labute approximate surface area is 413 Å². The van der Waals surface area contributed by atoms with E-state index in [-0.39, 0.29) is 106 Å². The number of aliphatic hydroxyl groups is 6. The van der Waals surface area contributed by atoms with Gasteiger partial charge >= 0.3 is 51.4 Å². The number of ether oxygens (including phenoxy) is 6.